The Bertz CT molecular complexity index is 828. The highest BCUT2D eigenvalue weighted by molar-refractivity contribution is 7.89. The highest BCUT2D eigenvalue weighted by Crippen LogP contribution is 2.26. The molecule has 1 heterocycles. The van der Waals surface area contributed by atoms with Crippen molar-refractivity contribution in [3.8, 4) is 0 Å². The lowest BCUT2D eigenvalue weighted by molar-refractivity contribution is -0.0296. The summed E-state index contributed by atoms with van der Waals surface area (Å²) in [6.45, 7) is 4.78. The van der Waals surface area contributed by atoms with Crippen LogP contribution in [0.1, 0.15) is 16.7 Å². The van der Waals surface area contributed by atoms with E-state index < -0.39 is 10.0 Å². The summed E-state index contributed by atoms with van der Waals surface area (Å²) in [5.74, 6) is -0.284. The molecule has 4 nitrogen and oxygen atoms in total. The van der Waals surface area contributed by atoms with Crippen LogP contribution in [0.3, 0.4) is 0 Å². The second kappa shape index (κ2) is 6.63. The number of sulfonamides is 1. The predicted molar refractivity (Wildman–Crippen MR) is 89.7 cm³/mol. The van der Waals surface area contributed by atoms with Gasteiger partial charge >= 0.3 is 0 Å². The van der Waals surface area contributed by atoms with Crippen molar-refractivity contribution >= 4 is 10.0 Å². The van der Waals surface area contributed by atoms with Crippen molar-refractivity contribution in [2.24, 2.45) is 0 Å². The van der Waals surface area contributed by atoms with Gasteiger partial charge in [-0.1, -0.05) is 29.8 Å². The van der Waals surface area contributed by atoms with Crippen LogP contribution < -0.4 is 0 Å². The third-order valence-corrected chi connectivity index (χ3v) is 6.15. The summed E-state index contributed by atoms with van der Waals surface area (Å²) in [5, 5.41) is 0. The lowest BCUT2D eigenvalue weighted by atomic mass is 10.2. The Kier molecular flexibility index (Phi) is 4.71. The Labute approximate surface area is 141 Å². The zero-order valence-electron chi connectivity index (χ0n) is 13.7. The molecule has 128 valence electrons. The molecule has 0 aromatic heterocycles. The van der Waals surface area contributed by atoms with E-state index in [1.807, 2.05) is 26.0 Å². The van der Waals surface area contributed by atoms with Crippen LogP contribution >= 0.6 is 0 Å². The molecule has 2 aromatic carbocycles. The highest BCUT2D eigenvalue weighted by Gasteiger charge is 2.37. The van der Waals surface area contributed by atoms with Gasteiger partial charge in [0.15, 0.2) is 0 Å². The van der Waals surface area contributed by atoms with E-state index in [1.54, 1.807) is 18.2 Å². The summed E-state index contributed by atoms with van der Waals surface area (Å²) in [6, 6.07) is 11.4. The molecule has 24 heavy (non-hydrogen) atoms. The maximum atomic E-state index is 12.8. The fraction of sp³-hybridized carbons (Fsp3) is 0.333. The van der Waals surface area contributed by atoms with E-state index in [-0.39, 0.29) is 11.9 Å². The average Bonchev–Trinajstić information content (AvgIpc) is 2.47. The molecule has 0 atom stereocenters. The summed E-state index contributed by atoms with van der Waals surface area (Å²) >= 11 is 0. The summed E-state index contributed by atoms with van der Waals surface area (Å²) in [6.07, 6.45) is -0.129. The molecule has 1 fully saturated rings. The van der Waals surface area contributed by atoms with Crippen molar-refractivity contribution < 1.29 is 17.5 Å². The molecule has 0 saturated carbocycles. The second-order valence-corrected chi connectivity index (χ2v) is 8.06. The fourth-order valence-electron chi connectivity index (χ4n) is 2.72. The van der Waals surface area contributed by atoms with E-state index in [9.17, 15) is 12.8 Å². The summed E-state index contributed by atoms with van der Waals surface area (Å²) in [7, 11) is -3.47. The molecule has 1 saturated heterocycles. The Morgan fingerprint density at radius 3 is 2.42 bits per heavy atom. The molecule has 1 aliphatic heterocycles. The Morgan fingerprint density at radius 2 is 1.79 bits per heavy atom. The summed E-state index contributed by atoms with van der Waals surface area (Å²) < 4.78 is 45.2. The number of hydrogen-bond acceptors (Lipinski definition) is 3. The zero-order chi connectivity index (χ0) is 17.3. The third kappa shape index (κ3) is 3.50. The largest absolute Gasteiger partial charge is 0.371 e. The van der Waals surface area contributed by atoms with Crippen LogP contribution in [-0.2, 0) is 21.4 Å². The van der Waals surface area contributed by atoms with Crippen molar-refractivity contribution in [3.05, 3.63) is 65.0 Å². The number of rotatable bonds is 5. The van der Waals surface area contributed by atoms with E-state index >= 15 is 0 Å². The lowest BCUT2D eigenvalue weighted by Gasteiger charge is -2.38. The highest BCUT2D eigenvalue weighted by atomic mass is 32.2. The van der Waals surface area contributed by atoms with Crippen LogP contribution in [0.5, 0.6) is 0 Å². The van der Waals surface area contributed by atoms with E-state index in [0.29, 0.717) is 24.6 Å². The van der Waals surface area contributed by atoms with Gasteiger partial charge in [0, 0.05) is 13.1 Å². The first-order valence-corrected chi connectivity index (χ1v) is 9.24. The second-order valence-electron chi connectivity index (χ2n) is 6.15. The molecular weight excluding hydrogens is 329 g/mol. The zero-order valence-corrected chi connectivity index (χ0v) is 14.5. The molecule has 0 bridgehead atoms. The molecule has 0 radical (unpaired) electrons. The number of ether oxygens (including phenoxy) is 1. The van der Waals surface area contributed by atoms with Gasteiger partial charge in [-0.15, -0.1) is 0 Å². The maximum Gasteiger partial charge on any atom is 0.243 e. The van der Waals surface area contributed by atoms with Gasteiger partial charge in [0.1, 0.15) is 5.82 Å². The van der Waals surface area contributed by atoms with Crippen molar-refractivity contribution in [2.75, 3.05) is 13.1 Å². The van der Waals surface area contributed by atoms with Gasteiger partial charge in [-0.05, 0) is 43.2 Å². The van der Waals surface area contributed by atoms with Crippen LogP contribution in [-0.4, -0.2) is 31.9 Å². The van der Waals surface area contributed by atoms with Crippen LogP contribution in [0.4, 0.5) is 4.39 Å². The topological polar surface area (TPSA) is 46.6 Å². The van der Waals surface area contributed by atoms with Crippen molar-refractivity contribution in [1.82, 2.24) is 4.31 Å². The molecule has 2 aromatic rings. The molecule has 0 unspecified atom stereocenters. The van der Waals surface area contributed by atoms with Gasteiger partial charge in [-0.2, -0.15) is 4.31 Å². The average molecular weight is 349 g/mol. The standard InChI is InChI=1S/C18H20FNO3S/c1-13-3-8-18(14(2)9-13)24(21,22)20-10-17(11-20)23-12-15-4-6-16(19)7-5-15/h3-9,17H,10-12H2,1-2H3. The molecule has 0 amide bonds. The first-order chi connectivity index (χ1) is 11.4. The van der Waals surface area contributed by atoms with E-state index in [1.165, 1.54) is 16.4 Å². The number of aryl methyl sites for hydroxylation is 2. The fourth-order valence-corrected chi connectivity index (χ4v) is 4.43. The molecule has 0 spiro atoms. The SMILES string of the molecule is Cc1ccc(S(=O)(=O)N2CC(OCc3ccc(F)cc3)C2)c(C)c1. The number of benzene rings is 2. The third-order valence-electron chi connectivity index (χ3n) is 4.16. The van der Waals surface area contributed by atoms with Gasteiger partial charge in [-0.25, -0.2) is 12.8 Å². The molecular formula is C18H20FNO3S. The number of hydrogen-bond donors (Lipinski definition) is 0. The monoisotopic (exact) mass is 349 g/mol. The van der Waals surface area contributed by atoms with Gasteiger partial charge in [-0.3, -0.25) is 0 Å². The molecule has 0 aliphatic carbocycles. The van der Waals surface area contributed by atoms with Crippen LogP contribution in [0, 0.1) is 19.7 Å². The Balaban J connectivity index is 1.58. The minimum absolute atomic E-state index is 0.129. The quantitative estimate of drug-likeness (QED) is 0.834. The van der Waals surface area contributed by atoms with Crippen molar-refractivity contribution in [2.45, 2.75) is 31.5 Å². The molecule has 3 rings (SSSR count). The van der Waals surface area contributed by atoms with Crippen molar-refractivity contribution in [3.63, 3.8) is 0 Å². The minimum Gasteiger partial charge on any atom is -0.371 e. The predicted octanol–water partition coefficient (Wildman–Crippen LogP) is 3.03. The van der Waals surface area contributed by atoms with E-state index in [2.05, 4.69) is 0 Å². The minimum atomic E-state index is -3.47. The van der Waals surface area contributed by atoms with Gasteiger partial charge < -0.3 is 4.74 Å². The molecule has 0 N–H and O–H groups in total. The molecule has 1 aliphatic rings. The smallest absolute Gasteiger partial charge is 0.243 e. The first kappa shape index (κ1) is 17.1. The number of nitrogens with zero attached hydrogens (tertiary/aromatic N) is 1. The Morgan fingerprint density at radius 1 is 1.12 bits per heavy atom. The normalized spacial score (nSPS) is 16.1. The number of halogens is 1. The lowest BCUT2D eigenvalue weighted by Crippen LogP contribution is -2.54. The van der Waals surface area contributed by atoms with Crippen LogP contribution in [0.15, 0.2) is 47.4 Å². The van der Waals surface area contributed by atoms with Gasteiger partial charge in [0.2, 0.25) is 10.0 Å². The Hall–Kier alpha value is -1.76. The van der Waals surface area contributed by atoms with E-state index in [0.717, 1.165) is 16.7 Å². The van der Waals surface area contributed by atoms with E-state index in [4.69, 9.17) is 4.74 Å². The maximum absolute atomic E-state index is 12.8. The summed E-state index contributed by atoms with van der Waals surface area (Å²) in [5.41, 5.74) is 2.66. The van der Waals surface area contributed by atoms with Gasteiger partial charge in [0.05, 0.1) is 17.6 Å². The first-order valence-electron chi connectivity index (χ1n) is 7.80. The summed E-state index contributed by atoms with van der Waals surface area (Å²) in [4.78, 5) is 0.352. The van der Waals surface area contributed by atoms with Crippen molar-refractivity contribution in [1.29, 1.82) is 0 Å². The van der Waals surface area contributed by atoms with Crippen LogP contribution in [0.25, 0.3) is 0 Å². The van der Waals surface area contributed by atoms with Gasteiger partial charge in [0.25, 0.3) is 0 Å². The molecule has 6 heteroatoms. The van der Waals surface area contributed by atoms with Crippen LogP contribution in [0.2, 0.25) is 0 Å².